The maximum atomic E-state index is 10.6. The average molecular weight is 211 g/mol. The lowest BCUT2D eigenvalue weighted by atomic mass is 10.1. The molecule has 1 aromatic rings. The number of hydrogen-bond donors (Lipinski definition) is 3. The van der Waals surface area contributed by atoms with Gasteiger partial charge in [-0.15, -0.1) is 0 Å². The minimum atomic E-state index is -1.12. The molecule has 0 radical (unpaired) electrons. The molecule has 0 amide bonds. The number of nitrogens with two attached hydrogens (primary N) is 1. The standard InChI is InChI=1S/C10H13NO4/c1-2-15-8-5-6(3-4-7(8)12)9(11)10(13)14/h3-5,9,12H,2,11H2,1H3,(H,13,14)/t9-/m0/s1. The molecule has 0 aliphatic rings. The second kappa shape index (κ2) is 4.65. The largest absolute Gasteiger partial charge is 0.504 e. The van der Waals surface area contributed by atoms with Gasteiger partial charge in [-0.1, -0.05) is 6.07 Å². The third kappa shape index (κ3) is 2.60. The van der Waals surface area contributed by atoms with E-state index >= 15 is 0 Å². The number of hydrogen-bond acceptors (Lipinski definition) is 4. The minimum absolute atomic E-state index is 0.0295. The fourth-order valence-corrected chi connectivity index (χ4v) is 1.14. The van der Waals surface area contributed by atoms with Gasteiger partial charge < -0.3 is 20.7 Å². The predicted octanol–water partition coefficient (Wildman–Crippen LogP) is 0.875. The molecule has 0 saturated heterocycles. The molecule has 1 rings (SSSR count). The lowest BCUT2D eigenvalue weighted by Gasteiger charge is -2.10. The molecule has 0 aliphatic carbocycles. The Hall–Kier alpha value is -1.75. The van der Waals surface area contributed by atoms with Crippen molar-refractivity contribution in [2.45, 2.75) is 13.0 Å². The van der Waals surface area contributed by atoms with Crippen molar-refractivity contribution >= 4 is 5.97 Å². The summed E-state index contributed by atoms with van der Waals surface area (Å²) in [6, 6.07) is 3.14. The fourth-order valence-electron chi connectivity index (χ4n) is 1.14. The van der Waals surface area contributed by atoms with Crippen molar-refractivity contribution in [3.63, 3.8) is 0 Å². The molecule has 0 fully saturated rings. The van der Waals surface area contributed by atoms with Gasteiger partial charge in [0.25, 0.3) is 0 Å². The topological polar surface area (TPSA) is 92.8 Å². The second-order valence-corrected chi connectivity index (χ2v) is 2.98. The molecule has 15 heavy (non-hydrogen) atoms. The molecule has 0 unspecified atom stereocenters. The minimum Gasteiger partial charge on any atom is -0.504 e. The van der Waals surface area contributed by atoms with Crippen LogP contribution in [0.5, 0.6) is 11.5 Å². The SMILES string of the molecule is CCOc1cc([C@H](N)C(=O)O)ccc1O. The van der Waals surface area contributed by atoms with Crippen molar-refractivity contribution < 1.29 is 19.7 Å². The van der Waals surface area contributed by atoms with Crippen molar-refractivity contribution in [3.8, 4) is 11.5 Å². The molecule has 1 aromatic carbocycles. The first-order valence-corrected chi connectivity index (χ1v) is 4.50. The highest BCUT2D eigenvalue weighted by molar-refractivity contribution is 5.75. The van der Waals surface area contributed by atoms with Crippen LogP contribution in [0.15, 0.2) is 18.2 Å². The van der Waals surface area contributed by atoms with Gasteiger partial charge in [0.2, 0.25) is 0 Å². The Kier molecular flexibility index (Phi) is 3.51. The van der Waals surface area contributed by atoms with Gasteiger partial charge in [-0.3, -0.25) is 4.79 Å². The van der Waals surface area contributed by atoms with Crippen LogP contribution in [0, 0.1) is 0 Å². The Morgan fingerprint density at radius 2 is 2.27 bits per heavy atom. The normalized spacial score (nSPS) is 12.1. The van der Waals surface area contributed by atoms with E-state index in [2.05, 4.69) is 0 Å². The average Bonchev–Trinajstić information content (AvgIpc) is 2.20. The van der Waals surface area contributed by atoms with Crippen molar-refractivity contribution in [3.05, 3.63) is 23.8 Å². The maximum absolute atomic E-state index is 10.6. The second-order valence-electron chi connectivity index (χ2n) is 2.98. The summed E-state index contributed by atoms with van der Waals surface area (Å²) in [4.78, 5) is 10.6. The number of benzene rings is 1. The molecule has 5 heteroatoms. The molecular formula is C10H13NO4. The number of aromatic hydroxyl groups is 1. The van der Waals surface area contributed by atoms with E-state index in [-0.39, 0.29) is 11.5 Å². The van der Waals surface area contributed by atoms with Crippen LogP contribution in [0.2, 0.25) is 0 Å². The molecule has 4 N–H and O–H groups in total. The van der Waals surface area contributed by atoms with Gasteiger partial charge >= 0.3 is 5.97 Å². The predicted molar refractivity (Wildman–Crippen MR) is 53.8 cm³/mol. The number of rotatable bonds is 4. The molecule has 5 nitrogen and oxygen atoms in total. The third-order valence-corrected chi connectivity index (χ3v) is 1.91. The summed E-state index contributed by atoms with van der Waals surface area (Å²) in [5.74, 6) is -0.909. The van der Waals surface area contributed by atoms with Crippen LogP contribution in [0.25, 0.3) is 0 Å². The number of phenolic OH excluding ortho intramolecular Hbond substituents is 1. The lowest BCUT2D eigenvalue weighted by molar-refractivity contribution is -0.138. The summed E-state index contributed by atoms with van der Waals surface area (Å²) in [7, 11) is 0. The van der Waals surface area contributed by atoms with E-state index < -0.39 is 12.0 Å². The molecular weight excluding hydrogens is 198 g/mol. The summed E-state index contributed by atoms with van der Waals surface area (Å²) in [5.41, 5.74) is 5.81. The lowest BCUT2D eigenvalue weighted by Crippen LogP contribution is -2.20. The number of carboxylic acids is 1. The highest BCUT2D eigenvalue weighted by atomic mass is 16.5. The van der Waals surface area contributed by atoms with Crippen LogP contribution in [0.4, 0.5) is 0 Å². The Labute approximate surface area is 87.1 Å². The number of aliphatic carboxylic acids is 1. The van der Waals surface area contributed by atoms with E-state index in [9.17, 15) is 9.90 Å². The summed E-state index contributed by atoms with van der Waals surface area (Å²) in [6.07, 6.45) is 0. The third-order valence-electron chi connectivity index (χ3n) is 1.91. The first kappa shape index (κ1) is 11.3. The number of ether oxygens (including phenoxy) is 1. The maximum Gasteiger partial charge on any atom is 0.325 e. The highest BCUT2D eigenvalue weighted by Gasteiger charge is 2.16. The molecule has 0 spiro atoms. The highest BCUT2D eigenvalue weighted by Crippen LogP contribution is 2.28. The van der Waals surface area contributed by atoms with E-state index in [1.807, 2.05) is 0 Å². The van der Waals surface area contributed by atoms with E-state index in [0.717, 1.165) is 0 Å². The molecule has 0 bridgehead atoms. The summed E-state index contributed by atoms with van der Waals surface area (Å²) in [6.45, 7) is 2.16. The van der Waals surface area contributed by atoms with Crippen molar-refractivity contribution in [1.29, 1.82) is 0 Å². The van der Waals surface area contributed by atoms with Gasteiger partial charge in [-0.2, -0.15) is 0 Å². The van der Waals surface area contributed by atoms with E-state index in [0.29, 0.717) is 12.2 Å². The Bertz CT molecular complexity index is 364. The molecule has 82 valence electrons. The first-order chi connectivity index (χ1) is 7.06. The molecule has 1 atom stereocenters. The van der Waals surface area contributed by atoms with Crippen LogP contribution in [-0.2, 0) is 4.79 Å². The molecule has 0 heterocycles. The quantitative estimate of drug-likeness (QED) is 0.687. The number of phenols is 1. The van der Waals surface area contributed by atoms with E-state index in [1.165, 1.54) is 18.2 Å². The Morgan fingerprint density at radius 3 is 2.80 bits per heavy atom. The first-order valence-electron chi connectivity index (χ1n) is 4.50. The zero-order valence-corrected chi connectivity index (χ0v) is 8.30. The van der Waals surface area contributed by atoms with Crippen molar-refractivity contribution in [1.82, 2.24) is 0 Å². The van der Waals surface area contributed by atoms with Gasteiger partial charge in [0.05, 0.1) is 6.61 Å². The monoisotopic (exact) mass is 211 g/mol. The van der Waals surface area contributed by atoms with Crippen LogP contribution in [0.1, 0.15) is 18.5 Å². The van der Waals surface area contributed by atoms with Gasteiger partial charge in [0.15, 0.2) is 11.5 Å². The van der Waals surface area contributed by atoms with E-state index in [4.69, 9.17) is 15.6 Å². The van der Waals surface area contributed by atoms with Gasteiger partial charge in [0.1, 0.15) is 6.04 Å². The summed E-state index contributed by atoms with van der Waals surface area (Å²) in [5, 5.41) is 18.1. The summed E-state index contributed by atoms with van der Waals surface area (Å²) < 4.78 is 5.11. The fraction of sp³-hybridized carbons (Fsp3) is 0.300. The van der Waals surface area contributed by atoms with E-state index in [1.54, 1.807) is 6.92 Å². The van der Waals surface area contributed by atoms with Crippen molar-refractivity contribution in [2.24, 2.45) is 5.73 Å². The zero-order chi connectivity index (χ0) is 11.4. The van der Waals surface area contributed by atoms with Crippen molar-refractivity contribution in [2.75, 3.05) is 6.61 Å². The summed E-state index contributed by atoms with van der Waals surface area (Å²) >= 11 is 0. The number of carbonyl (C=O) groups is 1. The molecule has 0 saturated carbocycles. The molecule has 0 aromatic heterocycles. The van der Waals surface area contributed by atoms with Crippen LogP contribution in [0.3, 0.4) is 0 Å². The zero-order valence-electron chi connectivity index (χ0n) is 8.30. The van der Waals surface area contributed by atoms with Crippen LogP contribution in [-0.4, -0.2) is 22.8 Å². The smallest absolute Gasteiger partial charge is 0.325 e. The van der Waals surface area contributed by atoms with Gasteiger partial charge in [-0.05, 0) is 24.6 Å². The number of carboxylic acid groups (broad SMARTS) is 1. The van der Waals surface area contributed by atoms with Gasteiger partial charge in [-0.25, -0.2) is 0 Å². The van der Waals surface area contributed by atoms with Crippen LogP contribution < -0.4 is 10.5 Å². The van der Waals surface area contributed by atoms with Gasteiger partial charge in [0, 0.05) is 0 Å². The van der Waals surface area contributed by atoms with Crippen LogP contribution >= 0.6 is 0 Å². The Balaban J connectivity index is 3.01. The Morgan fingerprint density at radius 1 is 1.60 bits per heavy atom. The molecule has 0 aliphatic heterocycles.